The van der Waals surface area contributed by atoms with Crippen molar-refractivity contribution in [3.05, 3.63) is 68.5 Å². The number of ether oxygens (including phenoxy) is 1. The van der Waals surface area contributed by atoms with E-state index in [-0.39, 0.29) is 22.8 Å². The topological polar surface area (TPSA) is 79.5 Å². The summed E-state index contributed by atoms with van der Waals surface area (Å²) >= 11 is 0. The molecular formula is C24H34N2O5Si. The van der Waals surface area contributed by atoms with Crippen LogP contribution in [-0.2, 0) is 9.16 Å². The second kappa shape index (κ2) is 8.92. The van der Waals surface area contributed by atoms with Crippen LogP contribution < -0.4 is 11.2 Å². The molecule has 0 amide bonds. The second-order valence-corrected chi connectivity index (χ2v) is 14.8. The zero-order chi connectivity index (χ0) is 23.8. The number of rotatable bonds is 5. The summed E-state index contributed by atoms with van der Waals surface area (Å²) in [5, 5.41) is 0.0478. The number of carbonyl (C=O) groups excluding carboxylic acids is 1. The highest BCUT2D eigenvalue weighted by Crippen LogP contribution is 2.41. The molecule has 0 spiro atoms. The van der Waals surface area contributed by atoms with E-state index in [4.69, 9.17) is 9.16 Å². The van der Waals surface area contributed by atoms with E-state index in [9.17, 15) is 14.4 Å². The molecule has 0 bridgehead atoms. The average molecular weight is 459 g/mol. The van der Waals surface area contributed by atoms with Crippen LogP contribution in [0.3, 0.4) is 0 Å². The van der Waals surface area contributed by atoms with Crippen molar-refractivity contribution in [2.24, 2.45) is 0 Å². The van der Waals surface area contributed by atoms with Crippen LogP contribution in [0, 0.1) is 6.92 Å². The molecule has 7 nitrogen and oxygen atoms in total. The third-order valence-electron chi connectivity index (χ3n) is 6.65. The number of carbonyl (C=O) groups is 1. The Morgan fingerprint density at radius 2 is 1.81 bits per heavy atom. The highest BCUT2D eigenvalue weighted by Gasteiger charge is 2.44. The predicted molar refractivity (Wildman–Crippen MR) is 127 cm³/mol. The Bertz CT molecular complexity index is 1100. The van der Waals surface area contributed by atoms with Gasteiger partial charge in [0.1, 0.15) is 6.23 Å². The van der Waals surface area contributed by atoms with E-state index in [1.807, 2.05) is 6.92 Å². The number of aromatic nitrogens is 2. The number of nitrogens with zero attached hydrogens (tertiary/aromatic N) is 2. The van der Waals surface area contributed by atoms with Crippen LogP contribution in [0.5, 0.6) is 0 Å². The van der Waals surface area contributed by atoms with Gasteiger partial charge < -0.3 is 9.16 Å². The van der Waals surface area contributed by atoms with E-state index in [2.05, 4.69) is 33.9 Å². The summed E-state index contributed by atoms with van der Waals surface area (Å²) in [5.74, 6) is -0.642. The molecule has 32 heavy (non-hydrogen) atoms. The molecule has 2 heterocycles. The number of aryl methyl sites for hydroxylation is 1. The highest BCUT2D eigenvalue weighted by molar-refractivity contribution is 6.74. The van der Waals surface area contributed by atoms with E-state index in [0.717, 1.165) is 6.42 Å². The first-order valence-corrected chi connectivity index (χ1v) is 14.1. The van der Waals surface area contributed by atoms with Crippen molar-refractivity contribution >= 4 is 14.2 Å². The first-order valence-electron chi connectivity index (χ1n) is 11.1. The minimum atomic E-state index is -2.04. The van der Waals surface area contributed by atoms with Gasteiger partial charge in [-0.25, -0.2) is 4.79 Å². The lowest BCUT2D eigenvalue weighted by molar-refractivity contribution is -0.0202. The molecule has 0 saturated carbocycles. The van der Waals surface area contributed by atoms with E-state index in [0.29, 0.717) is 16.6 Å². The molecule has 1 aromatic carbocycles. The minimum Gasteiger partial charge on any atom is -0.411 e. The van der Waals surface area contributed by atoms with Gasteiger partial charge in [0.25, 0.3) is 11.5 Å². The molecule has 1 saturated heterocycles. The number of hydrogen-bond acceptors (Lipinski definition) is 5. The van der Waals surface area contributed by atoms with Gasteiger partial charge in [0, 0.05) is 23.7 Å². The lowest BCUT2D eigenvalue weighted by Gasteiger charge is -2.39. The van der Waals surface area contributed by atoms with Gasteiger partial charge in [-0.15, -0.1) is 0 Å². The van der Waals surface area contributed by atoms with Crippen molar-refractivity contribution in [2.75, 3.05) is 0 Å². The molecule has 1 fully saturated rings. The van der Waals surface area contributed by atoms with Crippen molar-refractivity contribution in [2.45, 2.75) is 84.0 Å². The highest BCUT2D eigenvalue weighted by atomic mass is 28.4. The zero-order valence-electron chi connectivity index (χ0n) is 20.0. The first-order chi connectivity index (χ1) is 14.9. The van der Waals surface area contributed by atoms with E-state index in [1.54, 1.807) is 37.3 Å². The van der Waals surface area contributed by atoms with Gasteiger partial charge in [0.05, 0.1) is 12.2 Å². The fourth-order valence-electron chi connectivity index (χ4n) is 3.71. The van der Waals surface area contributed by atoms with Gasteiger partial charge in [-0.05, 0) is 43.6 Å². The molecular weight excluding hydrogens is 424 g/mol. The van der Waals surface area contributed by atoms with Gasteiger partial charge in [0.15, 0.2) is 8.32 Å². The standard InChI is InChI=1S/C24H34N2O5Si/c1-8-18-19(31-32(6,7)24(3,4)5)14-20(30-18)25-15-16(2)21(27)26(23(25)29)22(28)17-12-10-9-11-13-17/h9-13,15,18-20H,8,14H2,1-7H3. The molecule has 1 aliphatic rings. The second-order valence-electron chi connectivity index (χ2n) is 10.0. The maximum absolute atomic E-state index is 13.3. The van der Waals surface area contributed by atoms with E-state index < -0.39 is 31.7 Å². The summed E-state index contributed by atoms with van der Waals surface area (Å²) in [4.78, 5) is 39.0. The maximum Gasteiger partial charge on any atom is 0.340 e. The van der Waals surface area contributed by atoms with Crippen molar-refractivity contribution in [3.8, 4) is 0 Å². The maximum atomic E-state index is 13.3. The van der Waals surface area contributed by atoms with Crippen molar-refractivity contribution < 1.29 is 14.0 Å². The zero-order valence-corrected chi connectivity index (χ0v) is 21.0. The summed E-state index contributed by atoms with van der Waals surface area (Å²) in [5.41, 5.74) is -0.720. The molecule has 1 aromatic heterocycles. The Morgan fingerprint density at radius 3 is 2.38 bits per heavy atom. The van der Waals surface area contributed by atoms with Crippen LogP contribution in [0.15, 0.2) is 46.1 Å². The molecule has 3 atom stereocenters. The van der Waals surface area contributed by atoms with E-state index >= 15 is 0 Å². The molecule has 174 valence electrons. The Balaban J connectivity index is 1.98. The Morgan fingerprint density at radius 1 is 1.19 bits per heavy atom. The smallest absolute Gasteiger partial charge is 0.340 e. The quantitative estimate of drug-likeness (QED) is 0.631. The fraction of sp³-hybridized carbons (Fsp3) is 0.542. The monoisotopic (exact) mass is 458 g/mol. The third kappa shape index (κ3) is 4.58. The van der Waals surface area contributed by atoms with Crippen LogP contribution in [0.2, 0.25) is 18.1 Å². The van der Waals surface area contributed by atoms with Crippen LogP contribution in [-0.4, -0.2) is 35.6 Å². The van der Waals surface area contributed by atoms with Gasteiger partial charge >= 0.3 is 5.69 Å². The van der Waals surface area contributed by atoms with Gasteiger partial charge in [0.2, 0.25) is 0 Å². The van der Waals surface area contributed by atoms with Crippen molar-refractivity contribution in [1.82, 2.24) is 9.13 Å². The Kier molecular flexibility index (Phi) is 6.79. The third-order valence-corrected chi connectivity index (χ3v) is 11.2. The molecule has 8 heteroatoms. The minimum absolute atomic E-state index is 0.0478. The first kappa shape index (κ1) is 24.4. The SMILES string of the molecule is CCC1OC(n2cc(C)c(=O)n(C(=O)c3ccccc3)c2=O)CC1O[Si](C)(C)C(C)(C)C. The molecule has 0 radical (unpaired) electrons. The van der Waals surface area contributed by atoms with Crippen LogP contribution >= 0.6 is 0 Å². The summed E-state index contributed by atoms with van der Waals surface area (Å²) in [7, 11) is -2.04. The van der Waals surface area contributed by atoms with Crippen LogP contribution in [0.25, 0.3) is 0 Å². The molecule has 0 N–H and O–H groups in total. The number of benzene rings is 1. The Hall–Kier alpha value is -2.29. The molecule has 3 rings (SSSR count). The summed E-state index contributed by atoms with van der Waals surface area (Å²) in [6.07, 6.45) is 1.81. The average Bonchev–Trinajstić information content (AvgIpc) is 3.12. The number of hydrogen-bond donors (Lipinski definition) is 0. The van der Waals surface area contributed by atoms with E-state index in [1.165, 1.54) is 10.8 Å². The summed E-state index contributed by atoms with van der Waals surface area (Å²) < 4.78 is 14.9. The summed E-state index contributed by atoms with van der Waals surface area (Å²) in [6, 6.07) is 8.34. The summed E-state index contributed by atoms with van der Waals surface area (Å²) in [6.45, 7) is 14.6. The van der Waals surface area contributed by atoms with Crippen LogP contribution in [0.1, 0.15) is 62.7 Å². The van der Waals surface area contributed by atoms with Gasteiger partial charge in [-0.2, -0.15) is 4.57 Å². The van der Waals surface area contributed by atoms with Crippen LogP contribution in [0.4, 0.5) is 0 Å². The lowest BCUT2D eigenvalue weighted by atomic mass is 10.1. The van der Waals surface area contributed by atoms with Crippen molar-refractivity contribution in [3.63, 3.8) is 0 Å². The fourth-order valence-corrected chi connectivity index (χ4v) is 5.06. The van der Waals surface area contributed by atoms with Crippen molar-refractivity contribution in [1.29, 1.82) is 0 Å². The molecule has 0 aliphatic carbocycles. The predicted octanol–water partition coefficient (Wildman–Crippen LogP) is 4.09. The normalized spacial score (nSPS) is 21.7. The molecule has 3 unspecified atom stereocenters. The molecule has 2 aromatic rings. The molecule has 1 aliphatic heterocycles. The Labute approximate surface area is 190 Å². The largest absolute Gasteiger partial charge is 0.411 e. The van der Waals surface area contributed by atoms with Gasteiger partial charge in [-0.1, -0.05) is 45.9 Å². The lowest BCUT2D eigenvalue weighted by Crippen LogP contribution is -2.46. The van der Waals surface area contributed by atoms with Gasteiger partial charge in [-0.3, -0.25) is 14.2 Å².